The molecule has 0 radical (unpaired) electrons. The molecule has 0 aromatic heterocycles. The van der Waals surface area contributed by atoms with Gasteiger partial charge in [0.15, 0.2) is 0 Å². The molecule has 0 fully saturated rings. The van der Waals surface area contributed by atoms with Gasteiger partial charge in [0.2, 0.25) is 0 Å². The summed E-state index contributed by atoms with van der Waals surface area (Å²) >= 11 is 0. The lowest BCUT2D eigenvalue weighted by atomic mass is 10.1. The quantitative estimate of drug-likeness (QED) is 0.679. The van der Waals surface area contributed by atoms with Crippen LogP contribution in [0.25, 0.3) is 0 Å². The molecule has 1 N–H and O–H groups in total. The van der Waals surface area contributed by atoms with E-state index in [-0.39, 0.29) is 12.1 Å². The molecule has 0 aliphatic heterocycles. The molecule has 3 nitrogen and oxygen atoms in total. The van der Waals surface area contributed by atoms with Crippen LogP contribution in [0.3, 0.4) is 0 Å². The maximum absolute atomic E-state index is 13.4. The monoisotopic (exact) mass is 279 g/mol. The number of hydrogen-bond acceptors (Lipinski definition) is 3. The third-order valence-corrected chi connectivity index (χ3v) is 2.40. The van der Waals surface area contributed by atoms with Gasteiger partial charge in [-0.15, -0.1) is 0 Å². The largest absolute Gasteiger partial charge is 0.469 e. The molecule has 1 aromatic rings. The predicted octanol–water partition coefficient (Wildman–Crippen LogP) is 3.21. The van der Waals surface area contributed by atoms with Gasteiger partial charge in [-0.05, 0) is 25.1 Å². The number of carbonyl (C=O) groups excluding carboxylic acids is 1. The maximum atomic E-state index is 13.4. The van der Waals surface area contributed by atoms with Crippen molar-refractivity contribution in [2.24, 2.45) is 0 Å². The highest BCUT2D eigenvalue weighted by Gasteiger charge is 2.31. The van der Waals surface area contributed by atoms with Gasteiger partial charge in [0.05, 0.1) is 24.8 Å². The number of halogens is 4. The first-order valence-electron chi connectivity index (χ1n) is 5.44. The number of alkyl halides is 3. The maximum Gasteiger partial charge on any atom is 0.416 e. The zero-order chi connectivity index (χ0) is 14.6. The van der Waals surface area contributed by atoms with E-state index in [0.717, 1.165) is 6.07 Å². The third-order valence-electron chi connectivity index (χ3n) is 2.40. The van der Waals surface area contributed by atoms with E-state index in [1.165, 1.54) is 14.0 Å². The first-order chi connectivity index (χ1) is 8.74. The first kappa shape index (κ1) is 15.3. The molecule has 19 heavy (non-hydrogen) atoms. The number of carbonyl (C=O) groups is 1. The summed E-state index contributed by atoms with van der Waals surface area (Å²) in [6, 6.07) is 1.51. The minimum Gasteiger partial charge on any atom is -0.469 e. The molecule has 0 bridgehead atoms. The number of anilines is 1. The molecule has 0 aliphatic rings. The lowest BCUT2D eigenvalue weighted by Gasteiger charge is -2.16. The Morgan fingerprint density at radius 2 is 2.05 bits per heavy atom. The highest BCUT2D eigenvalue weighted by molar-refractivity contribution is 5.70. The number of hydrogen-bond donors (Lipinski definition) is 1. The van der Waals surface area contributed by atoms with Crippen LogP contribution in [0.5, 0.6) is 0 Å². The molecule has 0 saturated heterocycles. The Bertz CT molecular complexity index is 460. The smallest absolute Gasteiger partial charge is 0.416 e. The summed E-state index contributed by atoms with van der Waals surface area (Å²) in [6.45, 7) is 1.54. The van der Waals surface area contributed by atoms with Gasteiger partial charge in [0.1, 0.15) is 5.82 Å². The van der Waals surface area contributed by atoms with Crippen LogP contribution >= 0.6 is 0 Å². The standard InChI is InChI=1S/C12H13F4NO2/c1-7(5-11(18)19-2)17-10-6-8(12(14,15)16)3-4-9(10)13/h3-4,6-7,17H,5H2,1-2H3. The van der Waals surface area contributed by atoms with E-state index >= 15 is 0 Å². The topological polar surface area (TPSA) is 38.3 Å². The molecule has 0 saturated carbocycles. The number of methoxy groups -OCH3 is 1. The second kappa shape index (κ2) is 5.90. The number of ether oxygens (including phenoxy) is 1. The molecule has 1 rings (SSSR count). The van der Waals surface area contributed by atoms with Gasteiger partial charge < -0.3 is 10.1 Å². The van der Waals surface area contributed by atoms with E-state index in [1.807, 2.05) is 0 Å². The van der Waals surface area contributed by atoms with Gasteiger partial charge in [0.25, 0.3) is 0 Å². The summed E-state index contributed by atoms with van der Waals surface area (Å²) in [4.78, 5) is 11.0. The van der Waals surface area contributed by atoms with Crippen molar-refractivity contribution in [2.75, 3.05) is 12.4 Å². The normalized spacial score (nSPS) is 12.9. The van der Waals surface area contributed by atoms with Crippen LogP contribution in [-0.2, 0) is 15.7 Å². The molecular weight excluding hydrogens is 266 g/mol. The van der Waals surface area contributed by atoms with Crippen LogP contribution in [0.4, 0.5) is 23.2 Å². The van der Waals surface area contributed by atoms with E-state index in [9.17, 15) is 22.4 Å². The molecule has 1 atom stereocenters. The van der Waals surface area contributed by atoms with E-state index in [1.54, 1.807) is 0 Å². The summed E-state index contributed by atoms with van der Waals surface area (Å²) in [5.41, 5.74) is -1.26. The summed E-state index contributed by atoms with van der Waals surface area (Å²) < 4.78 is 55.2. The van der Waals surface area contributed by atoms with Gasteiger partial charge in [-0.3, -0.25) is 4.79 Å². The summed E-state index contributed by atoms with van der Waals surface area (Å²) in [7, 11) is 1.19. The lowest BCUT2D eigenvalue weighted by Crippen LogP contribution is -2.21. The second-order valence-corrected chi connectivity index (χ2v) is 4.02. The van der Waals surface area contributed by atoms with E-state index in [4.69, 9.17) is 0 Å². The fourth-order valence-corrected chi connectivity index (χ4v) is 1.46. The Labute approximate surface area is 107 Å². The molecule has 106 valence electrons. The zero-order valence-corrected chi connectivity index (χ0v) is 10.3. The molecule has 0 spiro atoms. The second-order valence-electron chi connectivity index (χ2n) is 4.02. The molecule has 0 amide bonds. The van der Waals surface area contributed by atoms with Crippen molar-refractivity contribution < 1.29 is 27.1 Å². The van der Waals surface area contributed by atoms with Gasteiger partial charge in [-0.1, -0.05) is 0 Å². The van der Waals surface area contributed by atoms with Gasteiger partial charge in [0, 0.05) is 6.04 Å². The molecule has 1 unspecified atom stereocenters. The van der Waals surface area contributed by atoms with E-state index in [0.29, 0.717) is 12.1 Å². The van der Waals surface area contributed by atoms with Crippen LogP contribution in [0.2, 0.25) is 0 Å². The fraction of sp³-hybridized carbons (Fsp3) is 0.417. The number of nitrogens with one attached hydrogen (secondary N) is 1. The Morgan fingerprint density at radius 1 is 1.42 bits per heavy atom. The minimum atomic E-state index is -4.55. The molecule has 7 heteroatoms. The Morgan fingerprint density at radius 3 is 2.58 bits per heavy atom. The minimum absolute atomic E-state index is 0.0772. The fourth-order valence-electron chi connectivity index (χ4n) is 1.46. The summed E-state index contributed by atoms with van der Waals surface area (Å²) in [5, 5.41) is 2.51. The van der Waals surface area contributed by atoms with Gasteiger partial charge in [-0.25, -0.2) is 4.39 Å². The van der Waals surface area contributed by atoms with E-state index < -0.39 is 29.6 Å². The zero-order valence-electron chi connectivity index (χ0n) is 10.3. The molecule has 1 aromatic carbocycles. The molecule has 0 aliphatic carbocycles. The first-order valence-corrected chi connectivity index (χ1v) is 5.44. The average molecular weight is 279 g/mol. The highest BCUT2D eigenvalue weighted by atomic mass is 19.4. The van der Waals surface area contributed by atoms with Crippen LogP contribution < -0.4 is 5.32 Å². The lowest BCUT2D eigenvalue weighted by molar-refractivity contribution is -0.141. The van der Waals surface area contributed by atoms with Crippen LogP contribution in [0.15, 0.2) is 18.2 Å². The van der Waals surface area contributed by atoms with Crippen LogP contribution in [0, 0.1) is 5.82 Å². The summed E-state index contributed by atoms with van der Waals surface area (Å²) in [6.07, 6.45) is -4.62. The average Bonchev–Trinajstić information content (AvgIpc) is 2.30. The van der Waals surface area contributed by atoms with Gasteiger partial charge in [-0.2, -0.15) is 13.2 Å². The number of rotatable bonds is 4. The molecule has 0 heterocycles. The van der Waals surface area contributed by atoms with Crippen molar-refractivity contribution in [3.05, 3.63) is 29.6 Å². The van der Waals surface area contributed by atoms with Crippen molar-refractivity contribution >= 4 is 11.7 Å². The Balaban J connectivity index is 2.85. The predicted molar refractivity (Wildman–Crippen MR) is 61.1 cm³/mol. The van der Waals surface area contributed by atoms with Crippen molar-refractivity contribution in [2.45, 2.75) is 25.6 Å². The van der Waals surface area contributed by atoms with Gasteiger partial charge >= 0.3 is 12.1 Å². The van der Waals surface area contributed by atoms with Crippen molar-refractivity contribution in [1.29, 1.82) is 0 Å². The van der Waals surface area contributed by atoms with Crippen LogP contribution in [0.1, 0.15) is 18.9 Å². The Hall–Kier alpha value is -1.79. The van der Waals surface area contributed by atoms with E-state index in [2.05, 4.69) is 10.1 Å². The highest BCUT2D eigenvalue weighted by Crippen LogP contribution is 2.32. The van der Waals surface area contributed by atoms with Crippen molar-refractivity contribution in [1.82, 2.24) is 0 Å². The summed E-state index contributed by atoms with van der Waals surface area (Å²) in [5.74, 6) is -1.35. The molecular formula is C12H13F4NO2. The number of benzene rings is 1. The third kappa shape index (κ3) is 4.42. The number of esters is 1. The van der Waals surface area contributed by atoms with Crippen molar-refractivity contribution in [3.8, 4) is 0 Å². The van der Waals surface area contributed by atoms with Crippen LogP contribution in [-0.4, -0.2) is 19.1 Å². The SMILES string of the molecule is COC(=O)CC(C)Nc1cc(C(F)(F)F)ccc1F. The Kier molecular flexibility index (Phi) is 4.74. The van der Waals surface area contributed by atoms with Crippen molar-refractivity contribution in [3.63, 3.8) is 0 Å².